The maximum absolute atomic E-state index is 13.5. The molecule has 2 rings (SSSR count). The van der Waals surface area contributed by atoms with Crippen molar-refractivity contribution >= 4 is 23.4 Å². The molecule has 1 atom stereocenters. The predicted octanol–water partition coefficient (Wildman–Crippen LogP) is 2.35. The summed E-state index contributed by atoms with van der Waals surface area (Å²) in [4.78, 5) is 25.6. The number of hydrogen-bond donors (Lipinski definition) is 1. The van der Waals surface area contributed by atoms with Crippen LogP contribution < -0.4 is 5.32 Å². The van der Waals surface area contributed by atoms with E-state index >= 15 is 0 Å². The number of rotatable bonds is 4. The Hall–Kier alpha value is -1.62. The molecule has 2 amide bonds. The zero-order chi connectivity index (χ0) is 15.6. The lowest BCUT2D eigenvalue weighted by Gasteiger charge is -2.36. The summed E-state index contributed by atoms with van der Waals surface area (Å²) >= 11 is 5.94. The minimum absolute atomic E-state index is 0.000390. The summed E-state index contributed by atoms with van der Waals surface area (Å²) < 4.78 is 13.5. The van der Waals surface area contributed by atoms with Crippen LogP contribution in [0.2, 0.25) is 5.02 Å². The normalized spacial score (nSPS) is 19.1. The van der Waals surface area contributed by atoms with Crippen molar-refractivity contribution in [2.24, 2.45) is 5.92 Å². The van der Waals surface area contributed by atoms with E-state index in [9.17, 15) is 14.0 Å². The van der Waals surface area contributed by atoms with Crippen LogP contribution in [0.25, 0.3) is 0 Å². The number of piperazine rings is 1. The van der Waals surface area contributed by atoms with Gasteiger partial charge in [0.25, 0.3) is 0 Å². The van der Waals surface area contributed by atoms with Crippen molar-refractivity contribution in [3.63, 3.8) is 0 Å². The Morgan fingerprint density at radius 2 is 2.14 bits per heavy atom. The van der Waals surface area contributed by atoms with Crippen LogP contribution in [0.15, 0.2) is 18.2 Å². The average Bonchev–Trinajstić information content (AvgIpc) is 2.42. The molecule has 21 heavy (non-hydrogen) atoms. The second-order valence-electron chi connectivity index (χ2n) is 5.60. The largest absolute Gasteiger partial charge is 0.345 e. The number of amides is 2. The lowest BCUT2D eigenvalue weighted by atomic mass is 9.99. The van der Waals surface area contributed by atoms with Crippen LogP contribution in [0, 0.1) is 11.7 Å². The highest BCUT2D eigenvalue weighted by atomic mass is 35.5. The molecule has 4 nitrogen and oxygen atoms in total. The summed E-state index contributed by atoms with van der Waals surface area (Å²) in [6.07, 6.45) is 0.560. The van der Waals surface area contributed by atoms with Gasteiger partial charge in [-0.15, -0.1) is 0 Å². The van der Waals surface area contributed by atoms with Crippen LogP contribution in [0.4, 0.5) is 4.39 Å². The number of nitrogens with zero attached hydrogens (tertiary/aromatic N) is 1. The van der Waals surface area contributed by atoms with Crippen molar-refractivity contribution in [2.45, 2.75) is 32.9 Å². The van der Waals surface area contributed by atoms with Gasteiger partial charge in [0.15, 0.2) is 0 Å². The molecule has 1 N–H and O–H groups in total. The van der Waals surface area contributed by atoms with E-state index in [1.54, 1.807) is 12.1 Å². The number of carbonyl (C=O) groups excluding carboxylic acids is 2. The summed E-state index contributed by atoms with van der Waals surface area (Å²) in [7, 11) is 0. The molecule has 0 aromatic heterocycles. The monoisotopic (exact) mass is 312 g/mol. The topological polar surface area (TPSA) is 49.4 Å². The molecule has 6 heteroatoms. The number of carbonyl (C=O) groups is 2. The predicted molar refractivity (Wildman–Crippen MR) is 78.2 cm³/mol. The van der Waals surface area contributed by atoms with E-state index in [1.807, 2.05) is 13.8 Å². The fraction of sp³-hybridized carbons (Fsp3) is 0.467. The molecule has 1 aromatic carbocycles. The van der Waals surface area contributed by atoms with Gasteiger partial charge in [-0.05, 0) is 24.0 Å². The Bertz CT molecular complexity index is 563. The third kappa shape index (κ3) is 3.53. The Labute approximate surface area is 128 Å². The summed E-state index contributed by atoms with van der Waals surface area (Å²) in [6, 6.07) is 3.94. The first-order valence-electron chi connectivity index (χ1n) is 6.90. The van der Waals surface area contributed by atoms with Crippen LogP contribution in [0.3, 0.4) is 0 Å². The Morgan fingerprint density at radius 3 is 2.81 bits per heavy atom. The van der Waals surface area contributed by atoms with Gasteiger partial charge < -0.3 is 10.2 Å². The average molecular weight is 313 g/mol. The quantitative estimate of drug-likeness (QED) is 0.928. The van der Waals surface area contributed by atoms with Crippen LogP contribution in [0.1, 0.15) is 25.8 Å². The molecule has 1 unspecified atom stereocenters. The number of benzene rings is 1. The van der Waals surface area contributed by atoms with E-state index in [-0.39, 0.29) is 35.8 Å². The number of hydrogen-bond acceptors (Lipinski definition) is 2. The van der Waals surface area contributed by atoms with Crippen LogP contribution in [-0.2, 0) is 16.1 Å². The minimum atomic E-state index is -0.536. The third-order valence-corrected chi connectivity index (χ3v) is 3.90. The van der Waals surface area contributed by atoms with Crippen molar-refractivity contribution in [3.05, 3.63) is 34.6 Å². The highest BCUT2D eigenvalue weighted by molar-refractivity contribution is 6.31. The molecule has 1 heterocycles. The van der Waals surface area contributed by atoms with Gasteiger partial charge in [0.05, 0.1) is 11.6 Å². The van der Waals surface area contributed by atoms with E-state index in [4.69, 9.17) is 11.6 Å². The van der Waals surface area contributed by atoms with Gasteiger partial charge in [-0.1, -0.05) is 37.6 Å². The second-order valence-corrected chi connectivity index (χ2v) is 5.98. The zero-order valence-corrected chi connectivity index (χ0v) is 12.8. The fourth-order valence-corrected chi connectivity index (χ4v) is 2.62. The van der Waals surface area contributed by atoms with Gasteiger partial charge in [0.2, 0.25) is 11.8 Å². The van der Waals surface area contributed by atoms with Crippen molar-refractivity contribution < 1.29 is 14.0 Å². The minimum Gasteiger partial charge on any atom is -0.345 e. The maximum Gasteiger partial charge on any atom is 0.243 e. The SMILES string of the molecule is CC(C)CC1C(=O)NCC(=O)N1Cc1cccc(F)c1Cl. The lowest BCUT2D eigenvalue weighted by Crippen LogP contribution is -2.58. The highest BCUT2D eigenvalue weighted by Gasteiger charge is 2.35. The van der Waals surface area contributed by atoms with Crippen LogP contribution >= 0.6 is 11.6 Å². The van der Waals surface area contributed by atoms with Crippen molar-refractivity contribution in [2.75, 3.05) is 6.54 Å². The summed E-state index contributed by atoms with van der Waals surface area (Å²) in [6.45, 7) is 4.08. The van der Waals surface area contributed by atoms with Gasteiger partial charge in [0, 0.05) is 6.54 Å². The van der Waals surface area contributed by atoms with Crippen LogP contribution in [0.5, 0.6) is 0 Å². The summed E-state index contributed by atoms with van der Waals surface area (Å²) in [5.74, 6) is -0.614. The fourth-order valence-electron chi connectivity index (χ4n) is 2.43. The molecule has 1 saturated heterocycles. The van der Waals surface area contributed by atoms with Gasteiger partial charge in [-0.2, -0.15) is 0 Å². The molecule has 1 aromatic rings. The summed E-state index contributed by atoms with van der Waals surface area (Å²) in [5, 5.41) is 2.59. The summed E-state index contributed by atoms with van der Waals surface area (Å²) in [5.41, 5.74) is 0.508. The molecule has 1 aliphatic heterocycles. The zero-order valence-electron chi connectivity index (χ0n) is 12.0. The number of halogens is 2. The Balaban J connectivity index is 2.26. The molecule has 114 valence electrons. The standard InChI is InChI=1S/C15H18ClFN2O2/c1-9(2)6-12-15(21)18-7-13(20)19(12)8-10-4-3-5-11(17)14(10)16/h3-5,9,12H,6-8H2,1-2H3,(H,18,21). The second kappa shape index (κ2) is 6.43. The molecule has 0 spiro atoms. The first kappa shape index (κ1) is 15.8. The van der Waals surface area contributed by atoms with E-state index in [0.29, 0.717) is 12.0 Å². The lowest BCUT2D eigenvalue weighted by molar-refractivity contribution is -0.146. The molecule has 1 aliphatic rings. The van der Waals surface area contributed by atoms with E-state index in [2.05, 4.69) is 5.32 Å². The smallest absolute Gasteiger partial charge is 0.243 e. The molecular formula is C15H18ClFN2O2. The van der Waals surface area contributed by atoms with Crippen molar-refractivity contribution in [3.8, 4) is 0 Å². The van der Waals surface area contributed by atoms with E-state index < -0.39 is 11.9 Å². The third-order valence-electron chi connectivity index (χ3n) is 3.48. The molecule has 1 fully saturated rings. The maximum atomic E-state index is 13.5. The Morgan fingerprint density at radius 1 is 1.43 bits per heavy atom. The van der Waals surface area contributed by atoms with Crippen LogP contribution in [-0.4, -0.2) is 29.3 Å². The molecule has 0 aliphatic carbocycles. The first-order valence-corrected chi connectivity index (χ1v) is 7.28. The van der Waals surface area contributed by atoms with E-state index in [1.165, 1.54) is 11.0 Å². The molecule has 0 radical (unpaired) electrons. The Kier molecular flexibility index (Phi) is 4.83. The first-order chi connectivity index (χ1) is 9.90. The van der Waals surface area contributed by atoms with Gasteiger partial charge >= 0.3 is 0 Å². The molecule has 0 bridgehead atoms. The van der Waals surface area contributed by atoms with Gasteiger partial charge in [0.1, 0.15) is 11.9 Å². The van der Waals surface area contributed by atoms with Gasteiger partial charge in [-0.3, -0.25) is 9.59 Å². The number of nitrogens with one attached hydrogen (secondary N) is 1. The van der Waals surface area contributed by atoms with E-state index in [0.717, 1.165) is 0 Å². The highest BCUT2D eigenvalue weighted by Crippen LogP contribution is 2.24. The molecule has 0 saturated carbocycles. The van der Waals surface area contributed by atoms with Crippen molar-refractivity contribution in [1.29, 1.82) is 0 Å². The van der Waals surface area contributed by atoms with Crippen molar-refractivity contribution in [1.82, 2.24) is 10.2 Å². The molecular weight excluding hydrogens is 295 g/mol. The van der Waals surface area contributed by atoms with Gasteiger partial charge in [-0.25, -0.2) is 4.39 Å².